The molecule has 3 aromatic rings. The molecule has 37 heavy (non-hydrogen) atoms. The van der Waals surface area contributed by atoms with Crippen LogP contribution in [-0.4, -0.2) is 47.5 Å². The Labute approximate surface area is 219 Å². The van der Waals surface area contributed by atoms with Gasteiger partial charge in [0.25, 0.3) is 5.91 Å². The lowest BCUT2D eigenvalue weighted by atomic mass is 10.1. The third-order valence-corrected chi connectivity index (χ3v) is 6.38. The molecule has 9 nitrogen and oxygen atoms in total. The van der Waals surface area contributed by atoms with Crippen LogP contribution in [0.25, 0.3) is 0 Å². The van der Waals surface area contributed by atoms with E-state index < -0.39 is 0 Å². The number of carbonyl (C=O) groups excluding carboxylic acids is 3. The number of ether oxygens (including phenoxy) is 2. The highest BCUT2D eigenvalue weighted by molar-refractivity contribution is 7.13. The van der Waals surface area contributed by atoms with Gasteiger partial charge < -0.3 is 25.0 Å². The van der Waals surface area contributed by atoms with Gasteiger partial charge in [-0.3, -0.25) is 14.4 Å². The predicted molar refractivity (Wildman–Crippen MR) is 141 cm³/mol. The van der Waals surface area contributed by atoms with Crippen molar-refractivity contribution in [3.05, 3.63) is 70.2 Å². The van der Waals surface area contributed by atoms with Crippen molar-refractivity contribution in [2.75, 3.05) is 25.2 Å². The molecule has 0 radical (unpaired) electrons. The number of benzene rings is 2. The van der Waals surface area contributed by atoms with Crippen LogP contribution in [0.2, 0.25) is 0 Å². The highest BCUT2D eigenvalue weighted by Gasteiger charge is 2.21. The van der Waals surface area contributed by atoms with Crippen LogP contribution in [0.15, 0.2) is 47.8 Å². The summed E-state index contributed by atoms with van der Waals surface area (Å²) in [5.74, 6) is 0.840. The molecule has 0 bridgehead atoms. The third-order valence-electron chi connectivity index (χ3n) is 5.57. The third kappa shape index (κ3) is 7.29. The topological polar surface area (TPSA) is 110 Å². The summed E-state index contributed by atoms with van der Waals surface area (Å²) < 4.78 is 10.7. The molecule has 0 spiro atoms. The molecule has 1 aliphatic heterocycles. The zero-order valence-corrected chi connectivity index (χ0v) is 21.9. The average Bonchev–Trinajstić information content (AvgIpc) is 3.51. The van der Waals surface area contributed by atoms with Gasteiger partial charge in [0.1, 0.15) is 6.54 Å². The van der Waals surface area contributed by atoms with E-state index in [1.54, 1.807) is 22.4 Å². The van der Waals surface area contributed by atoms with E-state index in [1.165, 1.54) is 11.3 Å². The van der Waals surface area contributed by atoms with Crippen molar-refractivity contribution in [1.82, 2.24) is 15.2 Å². The number of thiazole rings is 1. The number of nitrogens with one attached hydrogen (secondary N) is 2. The number of nitrogens with zero attached hydrogens (tertiary/aromatic N) is 2. The second kappa shape index (κ2) is 11.9. The Hall–Kier alpha value is -3.92. The number of amides is 3. The van der Waals surface area contributed by atoms with Crippen LogP contribution in [0.1, 0.15) is 41.0 Å². The smallest absolute Gasteiger partial charge is 0.254 e. The van der Waals surface area contributed by atoms with Gasteiger partial charge in [0.05, 0.1) is 12.1 Å². The molecule has 2 heterocycles. The van der Waals surface area contributed by atoms with E-state index in [2.05, 4.69) is 15.6 Å². The van der Waals surface area contributed by atoms with Crippen molar-refractivity contribution in [2.24, 2.45) is 5.92 Å². The Kier molecular flexibility index (Phi) is 8.39. The highest BCUT2D eigenvalue weighted by Crippen LogP contribution is 2.32. The number of fused-ring (bicyclic) bond motifs is 1. The summed E-state index contributed by atoms with van der Waals surface area (Å²) in [6.07, 6.45) is 0.0856. The molecule has 10 heteroatoms. The first kappa shape index (κ1) is 26.2. The van der Waals surface area contributed by atoms with Crippen molar-refractivity contribution in [3.63, 3.8) is 0 Å². The lowest BCUT2D eigenvalue weighted by molar-refractivity contribution is -0.120. The molecule has 0 fully saturated rings. The van der Waals surface area contributed by atoms with Gasteiger partial charge in [-0.1, -0.05) is 37.6 Å². The van der Waals surface area contributed by atoms with Crippen molar-refractivity contribution in [3.8, 4) is 11.5 Å². The number of rotatable bonds is 10. The minimum Gasteiger partial charge on any atom is -0.454 e. The van der Waals surface area contributed by atoms with Crippen molar-refractivity contribution in [2.45, 2.75) is 33.7 Å². The first-order valence-corrected chi connectivity index (χ1v) is 12.9. The van der Waals surface area contributed by atoms with Crippen LogP contribution >= 0.6 is 11.3 Å². The van der Waals surface area contributed by atoms with Gasteiger partial charge in [-0.25, -0.2) is 4.98 Å². The fraction of sp³-hybridized carbons (Fsp3) is 0.333. The molecule has 4 rings (SSSR count). The minimum atomic E-state index is -0.339. The lowest BCUT2D eigenvalue weighted by Crippen LogP contribution is -2.40. The zero-order chi connectivity index (χ0) is 26.4. The van der Waals surface area contributed by atoms with Crippen molar-refractivity contribution in [1.29, 1.82) is 0 Å². The second-order valence-corrected chi connectivity index (χ2v) is 10.1. The van der Waals surface area contributed by atoms with Crippen molar-refractivity contribution >= 4 is 34.2 Å². The van der Waals surface area contributed by atoms with E-state index >= 15 is 0 Å². The molecule has 0 aliphatic carbocycles. The minimum absolute atomic E-state index is 0.0856. The summed E-state index contributed by atoms with van der Waals surface area (Å²) in [6.45, 7) is 6.87. The number of anilines is 1. The molecular weight excluding hydrogens is 492 g/mol. The quantitative estimate of drug-likeness (QED) is 0.419. The van der Waals surface area contributed by atoms with Crippen LogP contribution in [0.3, 0.4) is 0 Å². The first-order valence-electron chi connectivity index (χ1n) is 12.0. The van der Waals surface area contributed by atoms with Crippen LogP contribution in [0.5, 0.6) is 11.5 Å². The Morgan fingerprint density at radius 1 is 1.05 bits per heavy atom. The number of hydrogen-bond acceptors (Lipinski definition) is 7. The fourth-order valence-corrected chi connectivity index (χ4v) is 4.52. The number of aromatic nitrogens is 1. The molecule has 2 aromatic carbocycles. The number of hydrogen-bond donors (Lipinski definition) is 2. The predicted octanol–water partition coefficient (Wildman–Crippen LogP) is 3.78. The average molecular weight is 523 g/mol. The highest BCUT2D eigenvalue weighted by atomic mass is 32.1. The molecule has 2 N–H and O–H groups in total. The summed E-state index contributed by atoms with van der Waals surface area (Å²) in [4.78, 5) is 44.0. The number of carbonyl (C=O) groups is 3. The first-order chi connectivity index (χ1) is 17.8. The summed E-state index contributed by atoms with van der Waals surface area (Å²) in [5, 5.41) is 7.74. The molecular formula is C27H30N4O5S. The standard InChI is InChI=1S/C27H30N4O5S/c1-17(2)13-31(26(34)20-7-4-18(3)5-8-20)14-25(33)30-27-29-21(15-37-27)11-24(32)28-12-19-6-9-22-23(10-19)36-16-35-22/h4-10,15,17H,11-14,16H2,1-3H3,(H,28,32)(H,29,30,33). The lowest BCUT2D eigenvalue weighted by Gasteiger charge is -2.24. The van der Waals surface area contributed by atoms with E-state index in [4.69, 9.17) is 9.47 Å². The normalized spacial score (nSPS) is 11.9. The van der Waals surface area contributed by atoms with Crippen LogP contribution in [0, 0.1) is 12.8 Å². The molecule has 1 aliphatic rings. The Balaban J connectivity index is 1.28. The van der Waals surface area contributed by atoms with Crippen LogP contribution in [-0.2, 0) is 22.6 Å². The fourth-order valence-electron chi connectivity index (χ4n) is 3.80. The molecule has 194 valence electrons. The van der Waals surface area contributed by atoms with Crippen LogP contribution in [0.4, 0.5) is 5.13 Å². The monoisotopic (exact) mass is 522 g/mol. The summed E-state index contributed by atoms with van der Waals surface area (Å²) in [5.41, 5.74) is 3.06. The van der Waals surface area contributed by atoms with E-state index in [0.717, 1.165) is 11.1 Å². The second-order valence-electron chi connectivity index (χ2n) is 9.28. The maximum atomic E-state index is 13.0. The largest absolute Gasteiger partial charge is 0.454 e. The molecule has 0 saturated carbocycles. The molecule has 3 amide bonds. The van der Waals surface area contributed by atoms with Crippen molar-refractivity contribution < 1.29 is 23.9 Å². The van der Waals surface area contributed by atoms with Gasteiger partial charge in [0.2, 0.25) is 18.6 Å². The SMILES string of the molecule is Cc1ccc(C(=O)N(CC(=O)Nc2nc(CC(=O)NCc3ccc4c(c3)OCO4)cs2)CC(C)C)cc1. The van der Waals surface area contributed by atoms with Gasteiger partial charge >= 0.3 is 0 Å². The Morgan fingerprint density at radius 2 is 1.81 bits per heavy atom. The van der Waals surface area contributed by atoms with Crippen LogP contribution < -0.4 is 20.1 Å². The summed E-state index contributed by atoms with van der Waals surface area (Å²) in [6, 6.07) is 12.8. The van der Waals surface area contributed by atoms with Gasteiger partial charge in [0, 0.05) is 24.0 Å². The maximum Gasteiger partial charge on any atom is 0.254 e. The molecule has 1 aromatic heterocycles. The van der Waals surface area contributed by atoms with E-state index in [-0.39, 0.29) is 43.4 Å². The Morgan fingerprint density at radius 3 is 2.57 bits per heavy atom. The molecule has 0 saturated heterocycles. The zero-order valence-electron chi connectivity index (χ0n) is 21.1. The Bertz CT molecular complexity index is 1270. The summed E-state index contributed by atoms with van der Waals surface area (Å²) >= 11 is 1.24. The molecule has 0 unspecified atom stereocenters. The van der Waals surface area contributed by atoms with Gasteiger partial charge in [-0.05, 0) is 42.7 Å². The van der Waals surface area contributed by atoms with E-state index in [0.29, 0.717) is 41.0 Å². The molecule has 0 atom stereocenters. The van der Waals surface area contributed by atoms with Gasteiger partial charge in [-0.15, -0.1) is 11.3 Å². The van der Waals surface area contributed by atoms with Gasteiger partial charge in [-0.2, -0.15) is 0 Å². The maximum absolute atomic E-state index is 13.0. The number of aryl methyl sites for hydroxylation is 1. The summed E-state index contributed by atoms with van der Waals surface area (Å²) in [7, 11) is 0. The van der Waals surface area contributed by atoms with E-state index in [9.17, 15) is 14.4 Å². The van der Waals surface area contributed by atoms with E-state index in [1.807, 2.05) is 51.1 Å². The van der Waals surface area contributed by atoms with Gasteiger partial charge in [0.15, 0.2) is 16.6 Å².